The van der Waals surface area contributed by atoms with Gasteiger partial charge in [-0.1, -0.05) is 0 Å². The number of carbonyl (C=O) groups excluding carboxylic acids is 2. The van der Waals surface area contributed by atoms with Gasteiger partial charge in [-0.2, -0.15) is 0 Å². The number of nitrogens with zero attached hydrogens (tertiary/aromatic N) is 3. The van der Waals surface area contributed by atoms with Crippen molar-refractivity contribution in [3.63, 3.8) is 0 Å². The van der Waals surface area contributed by atoms with Crippen LogP contribution in [0, 0.1) is 11.6 Å². The molecule has 9 heteroatoms. The maximum Gasteiger partial charge on any atom is 0.254 e. The lowest BCUT2D eigenvalue weighted by Crippen LogP contribution is -2.35. The van der Waals surface area contributed by atoms with Crippen molar-refractivity contribution in [3.05, 3.63) is 51.8 Å². The van der Waals surface area contributed by atoms with E-state index >= 15 is 0 Å². The van der Waals surface area contributed by atoms with E-state index in [1.807, 2.05) is 0 Å². The summed E-state index contributed by atoms with van der Waals surface area (Å²) in [6, 6.07) is 3.04. The number of aromatic nitrogens is 2. The number of halogens is 3. The summed E-state index contributed by atoms with van der Waals surface area (Å²) >= 11 is 3.14. The third kappa shape index (κ3) is 4.04. The first kappa shape index (κ1) is 18.4. The fourth-order valence-corrected chi connectivity index (χ4v) is 2.90. The van der Waals surface area contributed by atoms with Crippen molar-refractivity contribution in [3.8, 4) is 0 Å². The van der Waals surface area contributed by atoms with Gasteiger partial charge in [0.15, 0.2) is 5.82 Å². The van der Waals surface area contributed by atoms with Crippen LogP contribution in [0.2, 0.25) is 0 Å². The van der Waals surface area contributed by atoms with Crippen molar-refractivity contribution in [2.24, 2.45) is 0 Å². The Balaban J connectivity index is 1.71. The molecule has 1 heterocycles. The number of hydrogen-bond acceptors (Lipinski definition) is 4. The maximum absolute atomic E-state index is 14.4. The van der Waals surface area contributed by atoms with E-state index in [0.717, 1.165) is 25.2 Å². The fraction of sp³-hybridized carbons (Fsp3) is 0.294. The van der Waals surface area contributed by atoms with Crippen LogP contribution in [-0.2, 0) is 4.79 Å². The number of benzene rings is 1. The molecule has 1 N–H and O–H groups in total. The van der Waals surface area contributed by atoms with Gasteiger partial charge in [0.25, 0.3) is 5.91 Å². The fourth-order valence-electron chi connectivity index (χ4n) is 2.56. The summed E-state index contributed by atoms with van der Waals surface area (Å²) in [7, 11) is 1.45. The van der Waals surface area contributed by atoms with Gasteiger partial charge in [0.05, 0.1) is 23.4 Å². The van der Waals surface area contributed by atoms with Gasteiger partial charge in [-0.05, 0) is 46.8 Å². The van der Waals surface area contributed by atoms with E-state index in [4.69, 9.17) is 0 Å². The zero-order chi connectivity index (χ0) is 18.8. The molecule has 2 amide bonds. The van der Waals surface area contributed by atoms with Crippen LogP contribution in [0.25, 0.3) is 0 Å². The molecule has 0 radical (unpaired) electrons. The summed E-state index contributed by atoms with van der Waals surface area (Å²) < 4.78 is 27.5. The average Bonchev–Trinajstić information content (AvgIpc) is 3.43. The molecule has 1 aliphatic rings. The van der Waals surface area contributed by atoms with E-state index in [0.29, 0.717) is 10.0 Å². The number of likely N-dealkylation sites (N-methyl/N-ethyl adjacent to an activating group) is 1. The van der Waals surface area contributed by atoms with Gasteiger partial charge in [-0.15, -0.1) is 0 Å². The predicted molar refractivity (Wildman–Crippen MR) is 93.7 cm³/mol. The summed E-state index contributed by atoms with van der Waals surface area (Å²) in [5.74, 6) is -2.09. The van der Waals surface area contributed by atoms with Crippen molar-refractivity contribution in [2.45, 2.75) is 18.8 Å². The van der Waals surface area contributed by atoms with Crippen molar-refractivity contribution in [2.75, 3.05) is 18.9 Å². The smallest absolute Gasteiger partial charge is 0.254 e. The van der Waals surface area contributed by atoms with Crippen LogP contribution in [0.4, 0.5) is 14.7 Å². The standard InChI is InChI=1S/C17H15BrF2N4O2/c1-24(8-13(25)23-17-21-6-10(19)7-22-17)16(26)11-4-5-12(18)15(20)14(11)9-2-3-9/h4-7,9H,2-3,8H2,1H3,(H,21,22,23,25). The van der Waals surface area contributed by atoms with Crippen LogP contribution >= 0.6 is 15.9 Å². The Bertz CT molecular complexity index is 857. The molecule has 1 aliphatic carbocycles. The van der Waals surface area contributed by atoms with E-state index in [-0.39, 0.29) is 24.0 Å². The van der Waals surface area contributed by atoms with Gasteiger partial charge in [-0.25, -0.2) is 18.7 Å². The average molecular weight is 425 g/mol. The minimum Gasteiger partial charge on any atom is -0.332 e. The highest BCUT2D eigenvalue weighted by Gasteiger charge is 2.33. The lowest BCUT2D eigenvalue weighted by Gasteiger charge is -2.19. The third-order valence-electron chi connectivity index (χ3n) is 3.95. The number of carbonyl (C=O) groups is 2. The molecule has 136 valence electrons. The highest BCUT2D eigenvalue weighted by atomic mass is 79.9. The molecule has 0 aliphatic heterocycles. The lowest BCUT2D eigenvalue weighted by atomic mass is 10.0. The summed E-state index contributed by atoms with van der Waals surface area (Å²) in [5.41, 5.74) is 0.639. The van der Waals surface area contributed by atoms with E-state index in [9.17, 15) is 18.4 Å². The molecule has 26 heavy (non-hydrogen) atoms. The first-order chi connectivity index (χ1) is 12.4. The minimum absolute atomic E-state index is 0.0290. The molecule has 0 atom stereocenters. The molecule has 1 saturated carbocycles. The molecule has 0 unspecified atom stereocenters. The van der Waals surface area contributed by atoms with Gasteiger partial charge >= 0.3 is 0 Å². The van der Waals surface area contributed by atoms with Crippen LogP contribution in [0.5, 0.6) is 0 Å². The number of nitrogens with one attached hydrogen (secondary N) is 1. The Kier molecular flexibility index (Phi) is 5.26. The van der Waals surface area contributed by atoms with E-state index in [2.05, 4.69) is 31.2 Å². The number of hydrogen-bond donors (Lipinski definition) is 1. The molecule has 3 rings (SSSR count). The van der Waals surface area contributed by atoms with Crippen molar-refractivity contribution in [1.82, 2.24) is 14.9 Å². The monoisotopic (exact) mass is 424 g/mol. The van der Waals surface area contributed by atoms with Gasteiger partial charge in [-0.3, -0.25) is 14.9 Å². The number of rotatable bonds is 5. The Labute approximate surface area is 156 Å². The van der Waals surface area contributed by atoms with Crippen molar-refractivity contribution < 1.29 is 18.4 Å². The van der Waals surface area contributed by atoms with Gasteiger partial charge in [0.2, 0.25) is 11.9 Å². The summed E-state index contributed by atoms with van der Waals surface area (Å²) in [5, 5.41) is 2.37. The van der Waals surface area contributed by atoms with Gasteiger partial charge in [0, 0.05) is 18.2 Å². The van der Waals surface area contributed by atoms with E-state index in [1.54, 1.807) is 6.07 Å². The third-order valence-corrected chi connectivity index (χ3v) is 4.56. The first-order valence-electron chi connectivity index (χ1n) is 7.87. The second-order valence-electron chi connectivity index (χ2n) is 6.03. The van der Waals surface area contributed by atoms with E-state index in [1.165, 1.54) is 18.0 Å². The second-order valence-corrected chi connectivity index (χ2v) is 6.89. The van der Waals surface area contributed by atoms with E-state index < -0.39 is 23.4 Å². The largest absolute Gasteiger partial charge is 0.332 e. The molecule has 0 saturated heterocycles. The van der Waals surface area contributed by atoms with Crippen molar-refractivity contribution >= 4 is 33.7 Å². The van der Waals surface area contributed by atoms with Crippen LogP contribution < -0.4 is 5.32 Å². The highest BCUT2D eigenvalue weighted by Crippen LogP contribution is 2.44. The molecular formula is C17H15BrF2N4O2. The SMILES string of the molecule is CN(CC(=O)Nc1ncc(F)cn1)C(=O)c1ccc(Br)c(F)c1C1CC1. The Morgan fingerprint density at radius 3 is 2.54 bits per heavy atom. The Morgan fingerprint density at radius 2 is 1.92 bits per heavy atom. The minimum atomic E-state index is -0.625. The molecule has 0 bridgehead atoms. The second kappa shape index (κ2) is 7.45. The summed E-state index contributed by atoms with van der Waals surface area (Å²) in [6.07, 6.45) is 3.51. The topological polar surface area (TPSA) is 75.2 Å². The lowest BCUT2D eigenvalue weighted by molar-refractivity contribution is -0.116. The normalized spacial score (nSPS) is 13.4. The van der Waals surface area contributed by atoms with Crippen molar-refractivity contribution in [1.29, 1.82) is 0 Å². The molecule has 6 nitrogen and oxygen atoms in total. The van der Waals surface area contributed by atoms with Crippen LogP contribution in [0.15, 0.2) is 29.0 Å². The zero-order valence-corrected chi connectivity index (χ0v) is 15.4. The maximum atomic E-state index is 14.4. The zero-order valence-electron chi connectivity index (χ0n) is 13.8. The van der Waals surface area contributed by atoms with Gasteiger partial charge < -0.3 is 4.90 Å². The molecule has 1 aromatic heterocycles. The summed E-state index contributed by atoms with van der Waals surface area (Å²) in [4.78, 5) is 33.1. The number of amides is 2. The molecule has 2 aromatic rings. The molecular weight excluding hydrogens is 410 g/mol. The molecule has 1 aromatic carbocycles. The Hall–Kier alpha value is -2.42. The summed E-state index contributed by atoms with van der Waals surface area (Å²) in [6.45, 7) is -0.276. The predicted octanol–water partition coefficient (Wildman–Crippen LogP) is 3.11. The van der Waals surface area contributed by atoms with Crippen LogP contribution in [0.3, 0.4) is 0 Å². The van der Waals surface area contributed by atoms with Crippen LogP contribution in [-0.4, -0.2) is 40.3 Å². The Morgan fingerprint density at radius 1 is 1.27 bits per heavy atom. The van der Waals surface area contributed by atoms with Gasteiger partial charge in [0.1, 0.15) is 5.82 Å². The van der Waals surface area contributed by atoms with Crippen LogP contribution in [0.1, 0.15) is 34.7 Å². The molecule has 1 fully saturated rings. The quantitative estimate of drug-likeness (QED) is 0.799. The number of anilines is 1. The highest BCUT2D eigenvalue weighted by molar-refractivity contribution is 9.10. The first-order valence-corrected chi connectivity index (χ1v) is 8.67. The molecule has 0 spiro atoms.